The Balaban J connectivity index is 1.58. The molecule has 4 aromatic rings. The molecule has 0 amide bonds. The van der Waals surface area contributed by atoms with Crippen LogP contribution in [0.5, 0.6) is 0 Å². The highest BCUT2D eigenvalue weighted by Gasteiger charge is 2.42. The van der Waals surface area contributed by atoms with E-state index >= 15 is 0 Å². The lowest BCUT2D eigenvalue weighted by molar-refractivity contribution is -0.115. The van der Waals surface area contributed by atoms with Crippen molar-refractivity contribution >= 4 is 16.7 Å². The highest BCUT2D eigenvalue weighted by atomic mass is 19.1. The molecule has 0 saturated heterocycles. The molecule has 4 nitrogen and oxygen atoms in total. The summed E-state index contributed by atoms with van der Waals surface area (Å²) in [6.45, 7) is 0. The molecular formula is C28H24FN3O. The lowest BCUT2D eigenvalue weighted by atomic mass is 9.64. The predicted octanol–water partition coefficient (Wildman–Crippen LogP) is 5.87. The molecule has 0 saturated carbocycles. The fourth-order valence-electron chi connectivity index (χ4n) is 5.69. The zero-order valence-corrected chi connectivity index (χ0v) is 18.3. The summed E-state index contributed by atoms with van der Waals surface area (Å²) in [7, 11) is 0. The van der Waals surface area contributed by atoms with Crippen molar-refractivity contribution in [2.24, 2.45) is 0 Å². The van der Waals surface area contributed by atoms with Gasteiger partial charge >= 0.3 is 0 Å². The number of rotatable bonds is 3. The fraction of sp³-hybridized carbons (Fsp3) is 0.250. The number of ketones is 1. The van der Waals surface area contributed by atoms with Gasteiger partial charge in [-0.3, -0.25) is 14.9 Å². The molecule has 6 rings (SSSR count). The van der Waals surface area contributed by atoms with Crippen LogP contribution in [0.15, 0.2) is 72.4 Å². The Morgan fingerprint density at radius 1 is 1.03 bits per heavy atom. The Morgan fingerprint density at radius 3 is 2.73 bits per heavy atom. The van der Waals surface area contributed by atoms with Crippen molar-refractivity contribution < 1.29 is 9.18 Å². The van der Waals surface area contributed by atoms with Crippen LogP contribution >= 0.6 is 0 Å². The quantitative estimate of drug-likeness (QED) is 0.436. The third-order valence-corrected chi connectivity index (χ3v) is 7.27. The van der Waals surface area contributed by atoms with Crippen LogP contribution in [-0.4, -0.2) is 21.0 Å². The number of pyridine rings is 1. The van der Waals surface area contributed by atoms with Crippen LogP contribution < -0.4 is 0 Å². The van der Waals surface area contributed by atoms with Gasteiger partial charge in [0.15, 0.2) is 5.78 Å². The van der Waals surface area contributed by atoms with E-state index in [4.69, 9.17) is 0 Å². The summed E-state index contributed by atoms with van der Waals surface area (Å²) in [5, 5.41) is 8.80. The summed E-state index contributed by atoms with van der Waals surface area (Å²) in [5.41, 5.74) is 7.30. The Kier molecular flexibility index (Phi) is 4.72. The molecule has 33 heavy (non-hydrogen) atoms. The van der Waals surface area contributed by atoms with Crippen molar-refractivity contribution in [2.45, 2.75) is 43.9 Å². The smallest absolute Gasteiger partial charge is 0.155 e. The van der Waals surface area contributed by atoms with E-state index in [0.29, 0.717) is 6.42 Å². The highest BCUT2D eigenvalue weighted by Crippen LogP contribution is 2.49. The molecule has 0 bridgehead atoms. The lowest BCUT2D eigenvalue weighted by Gasteiger charge is -2.39. The summed E-state index contributed by atoms with van der Waals surface area (Å²) < 4.78 is 13.5. The van der Waals surface area contributed by atoms with E-state index in [2.05, 4.69) is 33.4 Å². The molecule has 2 aliphatic carbocycles. The average Bonchev–Trinajstić information content (AvgIpc) is 3.18. The summed E-state index contributed by atoms with van der Waals surface area (Å²) in [6.07, 6.45) is 8.75. The number of carbonyl (C=O) groups is 1. The second-order valence-electron chi connectivity index (χ2n) is 9.20. The van der Waals surface area contributed by atoms with Gasteiger partial charge in [-0.2, -0.15) is 5.10 Å². The zero-order valence-electron chi connectivity index (χ0n) is 18.3. The number of H-pyrrole nitrogens is 1. The van der Waals surface area contributed by atoms with Crippen molar-refractivity contribution in [1.29, 1.82) is 0 Å². The number of aryl methyl sites for hydroxylation is 1. The van der Waals surface area contributed by atoms with Gasteiger partial charge in [-0.15, -0.1) is 0 Å². The van der Waals surface area contributed by atoms with Crippen molar-refractivity contribution in [3.63, 3.8) is 0 Å². The molecule has 1 unspecified atom stereocenters. The maximum atomic E-state index is 13.5. The summed E-state index contributed by atoms with van der Waals surface area (Å²) in [6, 6.07) is 17.0. The summed E-state index contributed by atoms with van der Waals surface area (Å²) >= 11 is 0. The fourth-order valence-corrected chi connectivity index (χ4v) is 5.69. The van der Waals surface area contributed by atoms with Gasteiger partial charge in [0, 0.05) is 41.1 Å². The molecular weight excluding hydrogens is 413 g/mol. The summed E-state index contributed by atoms with van der Waals surface area (Å²) in [5.74, 6) is -0.0371. The number of nitrogens with zero attached hydrogens (tertiary/aromatic N) is 2. The minimum atomic E-state index is -0.261. The number of hydrogen-bond donors (Lipinski definition) is 1. The van der Waals surface area contributed by atoms with E-state index in [0.717, 1.165) is 60.0 Å². The first-order valence-corrected chi connectivity index (χ1v) is 11.5. The molecule has 2 aromatic heterocycles. The highest BCUT2D eigenvalue weighted by molar-refractivity contribution is 5.95. The summed E-state index contributed by atoms with van der Waals surface area (Å²) in [4.78, 5) is 17.1. The standard InChI is InChI=1S/C28H24FN3O/c29-21-9-7-18(8-10-21)27-24-16-25-19(14-26(24)31-32-27)4-3-5-20-15-23(33)11-12-28(20,25)17-22-6-1-2-13-30-22/h1-2,6-10,13-16H,3-5,11-12,17H2,(H,31,32). The first-order valence-electron chi connectivity index (χ1n) is 11.5. The van der Waals surface area contributed by atoms with Gasteiger partial charge in [-0.25, -0.2) is 4.39 Å². The van der Waals surface area contributed by atoms with E-state index in [9.17, 15) is 9.18 Å². The Bertz CT molecular complexity index is 1390. The second-order valence-corrected chi connectivity index (χ2v) is 9.20. The number of hydrogen-bond acceptors (Lipinski definition) is 3. The Labute approximate surface area is 191 Å². The first kappa shape index (κ1) is 20.0. The maximum absolute atomic E-state index is 13.5. The van der Waals surface area contributed by atoms with Crippen molar-refractivity contribution in [1.82, 2.24) is 15.2 Å². The van der Waals surface area contributed by atoms with Crippen molar-refractivity contribution in [2.75, 3.05) is 0 Å². The number of nitrogens with one attached hydrogen (secondary N) is 1. The molecule has 0 spiro atoms. The van der Waals surface area contributed by atoms with Gasteiger partial charge in [0.2, 0.25) is 0 Å². The van der Waals surface area contributed by atoms with Crippen LogP contribution in [0.25, 0.3) is 22.2 Å². The molecule has 0 aliphatic heterocycles. The zero-order chi connectivity index (χ0) is 22.4. The number of halogens is 1. The van der Waals surface area contributed by atoms with Gasteiger partial charge in [0.25, 0.3) is 0 Å². The number of fused-ring (bicyclic) bond motifs is 4. The molecule has 1 atom stereocenters. The van der Waals surface area contributed by atoms with E-state index in [-0.39, 0.29) is 17.0 Å². The normalized spacial score (nSPS) is 20.2. The van der Waals surface area contributed by atoms with Crippen LogP contribution in [-0.2, 0) is 23.1 Å². The van der Waals surface area contributed by atoms with Crippen LogP contribution in [0.1, 0.15) is 42.5 Å². The van der Waals surface area contributed by atoms with E-state index in [1.807, 2.05) is 24.4 Å². The van der Waals surface area contributed by atoms with Gasteiger partial charge < -0.3 is 0 Å². The molecule has 1 N–H and O–H groups in total. The first-order chi connectivity index (χ1) is 16.1. The SMILES string of the molecule is O=C1C=C2CCCc3cc4[nH]nc(-c5ccc(F)cc5)c4cc3C2(Cc2ccccn2)CC1. The van der Waals surface area contributed by atoms with Gasteiger partial charge in [0.05, 0.1) is 11.2 Å². The Morgan fingerprint density at radius 2 is 1.91 bits per heavy atom. The topological polar surface area (TPSA) is 58.6 Å². The minimum absolute atomic E-state index is 0.224. The van der Waals surface area contributed by atoms with Gasteiger partial charge in [0.1, 0.15) is 5.82 Å². The monoisotopic (exact) mass is 437 g/mol. The van der Waals surface area contributed by atoms with Crippen molar-refractivity contribution in [3.05, 3.63) is 95.1 Å². The third-order valence-electron chi connectivity index (χ3n) is 7.27. The third kappa shape index (κ3) is 3.39. The average molecular weight is 438 g/mol. The molecule has 2 aromatic carbocycles. The van der Waals surface area contributed by atoms with Crippen LogP contribution in [0, 0.1) is 5.82 Å². The van der Waals surface area contributed by atoms with Crippen LogP contribution in [0.3, 0.4) is 0 Å². The minimum Gasteiger partial charge on any atom is -0.295 e. The number of carbonyl (C=O) groups excluding carboxylic acids is 1. The molecule has 0 radical (unpaired) electrons. The van der Waals surface area contributed by atoms with Crippen LogP contribution in [0.4, 0.5) is 4.39 Å². The largest absolute Gasteiger partial charge is 0.295 e. The second kappa shape index (κ2) is 7.77. The molecule has 5 heteroatoms. The number of aromatic amines is 1. The molecule has 164 valence electrons. The Hall–Kier alpha value is -3.60. The van der Waals surface area contributed by atoms with Crippen LogP contribution in [0.2, 0.25) is 0 Å². The number of aromatic nitrogens is 3. The molecule has 0 fully saturated rings. The number of allylic oxidation sites excluding steroid dienone is 2. The molecule has 2 aliphatic rings. The van der Waals surface area contributed by atoms with E-state index in [1.54, 1.807) is 12.1 Å². The predicted molar refractivity (Wildman–Crippen MR) is 126 cm³/mol. The number of benzene rings is 2. The van der Waals surface area contributed by atoms with E-state index < -0.39 is 0 Å². The maximum Gasteiger partial charge on any atom is 0.155 e. The van der Waals surface area contributed by atoms with Gasteiger partial charge in [-0.05, 0) is 91.4 Å². The van der Waals surface area contributed by atoms with Gasteiger partial charge in [-0.1, -0.05) is 11.6 Å². The van der Waals surface area contributed by atoms with E-state index in [1.165, 1.54) is 28.8 Å². The molecule has 2 heterocycles. The van der Waals surface area contributed by atoms with Crippen molar-refractivity contribution in [3.8, 4) is 11.3 Å². The lowest BCUT2D eigenvalue weighted by Crippen LogP contribution is -2.36.